The first-order chi connectivity index (χ1) is 7.11. The molecule has 15 heavy (non-hydrogen) atoms. The molecule has 0 aromatic heterocycles. The second-order valence-corrected chi connectivity index (χ2v) is 3.33. The van der Waals surface area contributed by atoms with Crippen molar-refractivity contribution < 1.29 is 19.7 Å². The number of carboxylic acid groups (broad SMARTS) is 1. The SMILES string of the molecule is COC(CC(=O)O)Cc1ccc(O)cc1. The summed E-state index contributed by atoms with van der Waals surface area (Å²) in [4.78, 5) is 10.5. The van der Waals surface area contributed by atoms with Gasteiger partial charge in [0, 0.05) is 7.11 Å². The van der Waals surface area contributed by atoms with Gasteiger partial charge in [0.15, 0.2) is 0 Å². The average molecular weight is 210 g/mol. The van der Waals surface area contributed by atoms with E-state index in [1.807, 2.05) is 0 Å². The molecule has 0 fully saturated rings. The van der Waals surface area contributed by atoms with E-state index >= 15 is 0 Å². The molecule has 0 saturated carbocycles. The highest BCUT2D eigenvalue weighted by Gasteiger charge is 2.12. The van der Waals surface area contributed by atoms with E-state index in [9.17, 15) is 4.79 Å². The summed E-state index contributed by atoms with van der Waals surface area (Å²) < 4.78 is 5.05. The number of benzene rings is 1. The van der Waals surface area contributed by atoms with Crippen molar-refractivity contribution in [2.75, 3.05) is 7.11 Å². The first-order valence-electron chi connectivity index (χ1n) is 4.64. The summed E-state index contributed by atoms with van der Waals surface area (Å²) >= 11 is 0. The fourth-order valence-electron chi connectivity index (χ4n) is 1.33. The molecule has 0 radical (unpaired) electrons. The molecule has 1 rings (SSSR count). The normalized spacial score (nSPS) is 12.3. The molecule has 0 amide bonds. The van der Waals surface area contributed by atoms with E-state index in [1.54, 1.807) is 24.3 Å². The molecule has 4 heteroatoms. The van der Waals surface area contributed by atoms with Crippen LogP contribution in [0.4, 0.5) is 0 Å². The van der Waals surface area contributed by atoms with Crippen LogP contribution in [0.2, 0.25) is 0 Å². The number of carbonyl (C=O) groups is 1. The number of hydrogen-bond donors (Lipinski definition) is 2. The Hall–Kier alpha value is -1.55. The molecule has 0 saturated heterocycles. The zero-order valence-corrected chi connectivity index (χ0v) is 8.51. The van der Waals surface area contributed by atoms with Crippen LogP contribution in [0.3, 0.4) is 0 Å². The molecule has 0 bridgehead atoms. The molecular weight excluding hydrogens is 196 g/mol. The molecule has 4 nitrogen and oxygen atoms in total. The summed E-state index contributed by atoms with van der Waals surface area (Å²) in [6.07, 6.45) is 0.188. The lowest BCUT2D eigenvalue weighted by atomic mass is 10.1. The van der Waals surface area contributed by atoms with Crippen LogP contribution < -0.4 is 0 Å². The third kappa shape index (κ3) is 3.99. The van der Waals surface area contributed by atoms with Gasteiger partial charge in [0.1, 0.15) is 5.75 Å². The Bertz CT molecular complexity index is 318. The molecule has 0 heterocycles. The predicted molar refractivity (Wildman–Crippen MR) is 54.9 cm³/mol. The van der Waals surface area contributed by atoms with Gasteiger partial charge in [-0.3, -0.25) is 4.79 Å². The molecule has 0 aliphatic heterocycles. The van der Waals surface area contributed by atoms with E-state index < -0.39 is 5.97 Å². The molecule has 1 aromatic carbocycles. The molecule has 0 aliphatic carbocycles. The Labute approximate surface area is 88.1 Å². The van der Waals surface area contributed by atoms with Gasteiger partial charge >= 0.3 is 5.97 Å². The second-order valence-electron chi connectivity index (χ2n) is 3.33. The fourth-order valence-corrected chi connectivity index (χ4v) is 1.33. The van der Waals surface area contributed by atoms with Gasteiger partial charge in [-0.15, -0.1) is 0 Å². The largest absolute Gasteiger partial charge is 0.508 e. The average Bonchev–Trinajstić information content (AvgIpc) is 2.19. The van der Waals surface area contributed by atoms with Crippen LogP contribution >= 0.6 is 0 Å². The van der Waals surface area contributed by atoms with Crippen LogP contribution in [0.1, 0.15) is 12.0 Å². The van der Waals surface area contributed by atoms with Crippen molar-refractivity contribution in [2.24, 2.45) is 0 Å². The summed E-state index contributed by atoms with van der Waals surface area (Å²) in [6.45, 7) is 0. The Balaban J connectivity index is 2.58. The molecule has 0 aliphatic rings. The maximum atomic E-state index is 10.5. The van der Waals surface area contributed by atoms with Gasteiger partial charge in [0.2, 0.25) is 0 Å². The smallest absolute Gasteiger partial charge is 0.305 e. The molecule has 1 aromatic rings. The van der Waals surface area contributed by atoms with Gasteiger partial charge in [0.25, 0.3) is 0 Å². The highest BCUT2D eigenvalue weighted by atomic mass is 16.5. The number of phenolic OH excluding ortho intramolecular Hbond substituents is 1. The highest BCUT2D eigenvalue weighted by molar-refractivity contribution is 5.67. The van der Waals surface area contributed by atoms with Crippen LogP contribution in [0, 0.1) is 0 Å². The van der Waals surface area contributed by atoms with E-state index in [2.05, 4.69) is 0 Å². The van der Waals surface area contributed by atoms with Gasteiger partial charge in [-0.05, 0) is 24.1 Å². The van der Waals surface area contributed by atoms with Gasteiger partial charge in [-0.2, -0.15) is 0 Å². The number of phenols is 1. The van der Waals surface area contributed by atoms with E-state index in [1.165, 1.54) is 7.11 Å². The number of rotatable bonds is 5. The number of aromatic hydroxyl groups is 1. The third-order valence-electron chi connectivity index (χ3n) is 2.14. The van der Waals surface area contributed by atoms with E-state index in [-0.39, 0.29) is 18.3 Å². The number of carboxylic acids is 1. The van der Waals surface area contributed by atoms with Crippen molar-refractivity contribution in [3.8, 4) is 5.75 Å². The van der Waals surface area contributed by atoms with Crippen LogP contribution in [0.5, 0.6) is 5.75 Å². The zero-order valence-electron chi connectivity index (χ0n) is 8.51. The fraction of sp³-hybridized carbons (Fsp3) is 0.364. The Morgan fingerprint density at radius 1 is 1.40 bits per heavy atom. The minimum atomic E-state index is -0.874. The summed E-state index contributed by atoms with van der Waals surface area (Å²) in [7, 11) is 1.49. The number of methoxy groups -OCH3 is 1. The lowest BCUT2D eigenvalue weighted by Crippen LogP contribution is -2.18. The summed E-state index contributed by atoms with van der Waals surface area (Å²) in [6, 6.07) is 6.65. The minimum absolute atomic E-state index is 0.0165. The number of aliphatic carboxylic acids is 1. The monoisotopic (exact) mass is 210 g/mol. The lowest BCUT2D eigenvalue weighted by Gasteiger charge is -2.12. The van der Waals surface area contributed by atoms with E-state index in [0.29, 0.717) is 6.42 Å². The Morgan fingerprint density at radius 3 is 2.47 bits per heavy atom. The summed E-state index contributed by atoms with van der Waals surface area (Å²) in [5, 5.41) is 17.7. The Kier molecular flexibility index (Phi) is 4.12. The van der Waals surface area contributed by atoms with E-state index in [0.717, 1.165) is 5.56 Å². The van der Waals surface area contributed by atoms with Crippen molar-refractivity contribution in [1.82, 2.24) is 0 Å². The van der Waals surface area contributed by atoms with E-state index in [4.69, 9.17) is 14.9 Å². The zero-order chi connectivity index (χ0) is 11.3. The molecule has 1 atom stereocenters. The minimum Gasteiger partial charge on any atom is -0.508 e. The maximum absolute atomic E-state index is 10.5. The van der Waals surface area contributed by atoms with Crippen molar-refractivity contribution >= 4 is 5.97 Å². The first kappa shape index (κ1) is 11.5. The molecule has 2 N–H and O–H groups in total. The highest BCUT2D eigenvalue weighted by Crippen LogP contribution is 2.13. The van der Waals surface area contributed by atoms with Crippen molar-refractivity contribution in [3.63, 3.8) is 0 Å². The maximum Gasteiger partial charge on any atom is 0.305 e. The standard InChI is InChI=1S/C11H14O4/c1-15-10(7-11(13)14)6-8-2-4-9(12)5-3-8/h2-5,10,12H,6-7H2,1H3,(H,13,14). The third-order valence-corrected chi connectivity index (χ3v) is 2.14. The van der Waals surface area contributed by atoms with Gasteiger partial charge < -0.3 is 14.9 Å². The molecule has 0 spiro atoms. The van der Waals surface area contributed by atoms with Crippen LogP contribution in [-0.2, 0) is 16.0 Å². The van der Waals surface area contributed by atoms with Crippen LogP contribution in [0.25, 0.3) is 0 Å². The summed E-state index contributed by atoms with van der Waals surface area (Å²) in [5.74, 6) is -0.674. The van der Waals surface area contributed by atoms with Crippen LogP contribution in [0.15, 0.2) is 24.3 Å². The molecule has 82 valence electrons. The predicted octanol–water partition coefficient (Wildman–Crippen LogP) is 1.42. The van der Waals surface area contributed by atoms with Crippen molar-refractivity contribution in [2.45, 2.75) is 18.9 Å². The topological polar surface area (TPSA) is 66.8 Å². The molecular formula is C11H14O4. The van der Waals surface area contributed by atoms with Gasteiger partial charge in [-0.1, -0.05) is 12.1 Å². The number of ether oxygens (including phenoxy) is 1. The quantitative estimate of drug-likeness (QED) is 0.771. The lowest BCUT2D eigenvalue weighted by molar-refractivity contribution is -0.139. The molecule has 1 unspecified atom stereocenters. The van der Waals surface area contributed by atoms with Gasteiger partial charge in [0.05, 0.1) is 12.5 Å². The Morgan fingerprint density at radius 2 is 2.00 bits per heavy atom. The van der Waals surface area contributed by atoms with Crippen LogP contribution in [-0.4, -0.2) is 29.4 Å². The first-order valence-corrected chi connectivity index (χ1v) is 4.64. The van der Waals surface area contributed by atoms with Gasteiger partial charge in [-0.25, -0.2) is 0 Å². The number of hydrogen-bond acceptors (Lipinski definition) is 3. The van der Waals surface area contributed by atoms with Crippen molar-refractivity contribution in [3.05, 3.63) is 29.8 Å². The summed E-state index contributed by atoms with van der Waals surface area (Å²) in [5.41, 5.74) is 0.945. The van der Waals surface area contributed by atoms with Crippen molar-refractivity contribution in [1.29, 1.82) is 0 Å². The second kappa shape index (κ2) is 5.36.